The van der Waals surface area contributed by atoms with Crippen molar-refractivity contribution in [3.63, 3.8) is 0 Å². The normalized spacial score (nSPS) is 16.2. The minimum absolute atomic E-state index is 0.319. The summed E-state index contributed by atoms with van der Waals surface area (Å²) in [5.41, 5.74) is 0.597. The van der Waals surface area contributed by atoms with Gasteiger partial charge in [0.25, 0.3) is 0 Å². The number of nitrogens with one attached hydrogen (secondary N) is 1. The molecule has 0 aromatic heterocycles. The lowest BCUT2D eigenvalue weighted by Gasteiger charge is -2.18. The number of carbonyl (C=O) groups is 1. The first kappa shape index (κ1) is 14.5. The maximum atomic E-state index is 13.6. The zero-order valence-corrected chi connectivity index (χ0v) is 12.4. The molecule has 1 fully saturated rings. The second kappa shape index (κ2) is 6.48. The smallest absolute Gasteiger partial charge is 0.327 e. The van der Waals surface area contributed by atoms with Crippen LogP contribution in [0.25, 0.3) is 0 Å². The molecule has 1 aliphatic carbocycles. The molecule has 2 rings (SSSR count). The SMILES string of the molecule is CCOC(=O)C(NCC1CC1)c1ccc(Br)c(F)c1. The lowest BCUT2D eigenvalue weighted by Crippen LogP contribution is -2.31. The molecule has 104 valence electrons. The second-order valence-electron chi connectivity index (χ2n) is 4.71. The van der Waals surface area contributed by atoms with Gasteiger partial charge in [0, 0.05) is 0 Å². The van der Waals surface area contributed by atoms with Gasteiger partial charge in [-0.15, -0.1) is 0 Å². The van der Waals surface area contributed by atoms with E-state index in [9.17, 15) is 9.18 Å². The number of carbonyl (C=O) groups excluding carboxylic acids is 1. The monoisotopic (exact) mass is 329 g/mol. The van der Waals surface area contributed by atoms with E-state index in [2.05, 4.69) is 21.2 Å². The fourth-order valence-electron chi connectivity index (χ4n) is 1.86. The number of esters is 1. The van der Waals surface area contributed by atoms with Crippen molar-refractivity contribution < 1.29 is 13.9 Å². The molecule has 1 aromatic carbocycles. The molecule has 0 bridgehead atoms. The number of rotatable bonds is 6. The van der Waals surface area contributed by atoms with Gasteiger partial charge in [-0.3, -0.25) is 0 Å². The van der Waals surface area contributed by atoms with Gasteiger partial charge in [0.2, 0.25) is 0 Å². The molecular formula is C14H17BrFNO2. The lowest BCUT2D eigenvalue weighted by molar-refractivity contribution is -0.145. The van der Waals surface area contributed by atoms with Crippen LogP contribution in [-0.4, -0.2) is 19.1 Å². The summed E-state index contributed by atoms with van der Waals surface area (Å²) in [6.07, 6.45) is 2.38. The molecule has 0 spiro atoms. The van der Waals surface area contributed by atoms with Gasteiger partial charge in [-0.25, -0.2) is 9.18 Å². The first-order chi connectivity index (χ1) is 9.11. The van der Waals surface area contributed by atoms with Crippen LogP contribution in [0.4, 0.5) is 4.39 Å². The van der Waals surface area contributed by atoms with Gasteiger partial charge in [0.1, 0.15) is 11.9 Å². The van der Waals surface area contributed by atoms with E-state index >= 15 is 0 Å². The quantitative estimate of drug-likeness (QED) is 0.814. The number of halogens is 2. The van der Waals surface area contributed by atoms with Crippen LogP contribution in [0.15, 0.2) is 22.7 Å². The molecule has 1 aliphatic rings. The van der Waals surface area contributed by atoms with E-state index in [1.807, 2.05) is 0 Å². The molecule has 0 amide bonds. The van der Waals surface area contributed by atoms with Crippen LogP contribution in [-0.2, 0) is 9.53 Å². The first-order valence-electron chi connectivity index (χ1n) is 6.46. The summed E-state index contributed by atoms with van der Waals surface area (Å²) in [7, 11) is 0. The Labute approximate surface area is 120 Å². The van der Waals surface area contributed by atoms with Crippen molar-refractivity contribution >= 4 is 21.9 Å². The third kappa shape index (κ3) is 4.01. The van der Waals surface area contributed by atoms with Crippen LogP contribution in [0.1, 0.15) is 31.4 Å². The van der Waals surface area contributed by atoms with Crippen LogP contribution in [0.5, 0.6) is 0 Å². The van der Waals surface area contributed by atoms with Gasteiger partial charge in [-0.2, -0.15) is 0 Å². The van der Waals surface area contributed by atoms with Gasteiger partial charge < -0.3 is 10.1 Å². The van der Waals surface area contributed by atoms with Crippen molar-refractivity contribution in [2.24, 2.45) is 5.92 Å². The second-order valence-corrected chi connectivity index (χ2v) is 5.56. The minimum atomic E-state index is -0.594. The molecule has 1 aromatic rings. The lowest BCUT2D eigenvalue weighted by atomic mass is 10.1. The Hall–Kier alpha value is -0.940. The highest BCUT2D eigenvalue weighted by Crippen LogP contribution is 2.29. The van der Waals surface area contributed by atoms with Crippen LogP contribution in [0.3, 0.4) is 0 Å². The highest BCUT2D eigenvalue weighted by Gasteiger charge is 2.27. The van der Waals surface area contributed by atoms with Crippen LogP contribution >= 0.6 is 15.9 Å². The van der Waals surface area contributed by atoms with E-state index < -0.39 is 6.04 Å². The van der Waals surface area contributed by atoms with Gasteiger partial charge in [-0.05, 0) is 65.9 Å². The molecule has 0 radical (unpaired) electrons. The average molecular weight is 330 g/mol. The molecule has 1 saturated carbocycles. The summed E-state index contributed by atoms with van der Waals surface area (Å²) in [6, 6.07) is 4.11. The summed E-state index contributed by atoms with van der Waals surface area (Å²) >= 11 is 3.11. The molecule has 0 saturated heterocycles. The van der Waals surface area contributed by atoms with Crippen molar-refractivity contribution in [2.75, 3.05) is 13.2 Å². The van der Waals surface area contributed by atoms with E-state index in [-0.39, 0.29) is 11.8 Å². The fraction of sp³-hybridized carbons (Fsp3) is 0.500. The summed E-state index contributed by atoms with van der Waals surface area (Å²) in [5.74, 6) is -0.0953. The predicted octanol–water partition coefficient (Wildman–Crippen LogP) is 3.19. The molecule has 1 atom stereocenters. The van der Waals surface area contributed by atoms with E-state index in [0.717, 1.165) is 6.54 Å². The third-order valence-electron chi connectivity index (χ3n) is 3.11. The molecule has 1 unspecified atom stereocenters. The molecule has 5 heteroatoms. The van der Waals surface area contributed by atoms with Gasteiger partial charge in [0.15, 0.2) is 0 Å². The molecule has 1 N–H and O–H groups in total. The summed E-state index contributed by atoms with van der Waals surface area (Å²) in [4.78, 5) is 12.0. The van der Waals surface area contributed by atoms with Crippen molar-refractivity contribution in [1.29, 1.82) is 0 Å². The number of benzene rings is 1. The van der Waals surface area contributed by atoms with Crippen molar-refractivity contribution in [3.8, 4) is 0 Å². The maximum absolute atomic E-state index is 13.6. The minimum Gasteiger partial charge on any atom is -0.465 e. The average Bonchev–Trinajstić information content (AvgIpc) is 3.18. The summed E-state index contributed by atoms with van der Waals surface area (Å²) in [5, 5.41) is 3.17. The molecule has 3 nitrogen and oxygen atoms in total. The van der Waals surface area contributed by atoms with E-state index in [4.69, 9.17) is 4.74 Å². The largest absolute Gasteiger partial charge is 0.465 e. The summed E-state index contributed by atoms with van der Waals surface area (Å²) < 4.78 is 19.0. The molecule has 0 heterocycles. The van der Waals surface area contributed by atoms with Crippen molar-refractivity contribution in [3.05, 3.63) is 34.1 Å². The van der Waals surface area contributed by atoms with Crippen molar-refractivity contribution in [2.45, 2.75) is 25.8 Å². The molecule has 19 heavy (non-hydrogen) atoms. The van der Waals surface area contributed by atoms with Gasteiger partial charge in [-0.1, -0.05) is 6.07 Å². The fourth-order valence-corrected chi connectivity index (χ4v) is 2.11. The van der Waals surface area contributed by atoms with E-state index in [1.165, 1.54) is 18.9 Å². The van der Waals surface area contributed by atoms with E-state index in [1.54, 1.807) is 19.1 Å². The van der Waals surface area contributed by atoms with Crippen LogP contribution in [0.2, 0.25) is 0 Å². The predicted molar refractivity (Wildman–Crippen MR) is 74.2 cm³/mol. The summed E-state index contributed by atoms with van der Waals surface area (Å²) in [6.45, 7) is 2.85. The Balaban J connectivity index is 2.13. The number of hydrogen-bond acceptors (Lipinski definition) is 3. The number of hydrogen-bond donors (Lipinski definition) is 1. The van der Waals surface area contributed by atoms with E-state index in [0.29, 0.717) is 22.6 Å². The zero-order chi connectivity index (χ0) is 13.8. The van der Waals surface area contributed by atoms with Crippen LogP contribution in [0, 0.1) is 11.7 Å². The molecular weight excluding hydrogens is 313 g/mol. The Morgan fingerprint density at radius 2 is 2.32 bits per heavy atom. The Morgan fingerprint density at radius 1 is 1.58 bits per heavy atom. The Bertz CT molecular complexity index is 463. The maximum Gasteiger partial charge on any atom is 0.327 e. The molecule has 0 aliphatic heterocycles. The highest BCUT2D eigenvalue weighted by atomic mass is 79.9. The third-order valence-corrected chi connectivity index (χ3v) is 3.75. The Kier molecular flexibility index (Phi) is 4.93. The van der Waals surface area contributed by atoms with Crippen molar-refractivity contribution in [1.82, 2.24) is 5.32 Å². The Morgan fingerprint density at radius 3 is 2.89 bits per heavy atom. The standard InChI is InChI=1S/C14H17BrFNO2/c1-2-19-14(18)13(17-8-9-3-4-9)10-5-6-11(15)12(16)7-10/h5-7,9,13,17H,2-4,8H2,1H3. The van der Waals surface area contributed by atoms with Crippen LogP contribution < -0.4 is 5.32 Å². The van der Waals surface area contributed by atoms with Gasteiger partial charge in [0.05, 0.1) is 11.1 Å². The first-order valence-corrected chi connectivity index (χ1v) is 7.26. The zero-order valence-electron chi connectivity index (χ0n) is 10.8. The topological polar surface area (TPSA) is 38.3 Å². The van der Waals surface area contributed by atoms with Gasteiger partial charge >= 0.3 is 5.97 Å². The number of ether oxygens (including phenoxy) is 1. The highest BCUT2D eigenvalue weighted by molar-refractivity contribution is 9.10.